The fourth-order valence-corrected chi connectivity index (χ4v) is 1.92. The Morgan fingerprint density at radius 2 is 1.65 bits per heavy atom. The summed E-state index contributed by atoms with van der Waals surface area (Å²) in [6, 6.07) is 9.80. The number of carbonyl (C=O) groups excluding carboxylic acids is 1. The number of methoxy groups -OCH3 is 1. The Labute approximate surface area is 131 Å². The summed E-state index contributed by atoms with van der Waals surface area (Å²) in [6.07, 6.45) is 1.13. The molecule has 0 aliphatic rings. The highest BCUT2D eigenvalue weighted by molar-refractivity contribution is 6.26. The van der Waals surface area contributed by atoms with Gasteiger partial charge in [-0.1, -0.05) is 6.07 Å². The van der Waals surface area contributed by atoms with E-state index in [1.807, 2.05) is 0 Å². The lowest BCUT2D eigenvalue weighted by Crippen LogP contribution is -2.12. The summed E-state index contributed by atoms with van der Waals surface area (Å²) in [5.41, 5.74) is 0.0160. The highest BCUT2D eigenvalue weighted by Gasteiger charge is 2.19. The third-order valence-corrected chi connectivity index (χ3v) is 3.14. The molecular weight excluding hydrogens is 300 g/mol. The van der Waals surface area contributed by atoms with Crippen LogP contribution in [0.4, 0.5) is 0 Å². The van der Waals surface area contributed by atoms with Gasteiger partial charge in [-0.25, -0.2) is 4.79 Å². The van der Waals surface area contributed by atoms with Crippen LogP contribution in [0.2, 0.25) is 0 Å². The topological polar surface area (TPSA) is 104 Å². The SMILES string of the molecule is COc1ccc(C(=O)/C(=C/c2ccc(O)c(O)c2)C(=O)O)cc1. The van der Waals surface area contributed by atoms with Crippen LogP contribution in [0.5, 0.6) is 17.2 Å². The number of benzene rings is 2. The molecule has 118 valence electrons. The zero-order valence-corrected chi connectivity index (χ0v) is 12.2. The Kier molecular flexibility index (Phi) is 4.66. The molecule has 0 fully saturated rings. The molecular formula is C17H14O6. The molecule has 23 heavy (non-hydrogen) atoms. The lowest BCUT2D eigenvalue weighted by atomic mass is 10.0. The maximum absolute atomic E-state index is 12.3. The predicted molar refractivity (Wildman–Crippen MR) is 82.7 cm³/mol. The van der Waals surface area contributed by atoms with Gasteiger partial charge < -0.3 is 20.1 Å². The summed E-state index contributed by atoms with van der Waals surface area (Å²) in [4.78, 5) is 23.7. The zero-order chi connectivity index (χ0) is 17.0. The molecule has 0 spiro atoms. The lowest BCUT2D eigenvalue weighted by Gasteiger charge is -2.05. The number of Topliss-reactive ketones (excluding diaryl/α,β-unsaturated/α-hetero) is 1. The maximum atomic E-state index is 12.3. The van der Waals surface area contributed by atoms with Crippen LogP contribution in [-0.4, -0.2) is 34.2 Å². The monoisotopic (exact) mass is 314 g/mol. The van der Waals surface area contributed by atoms with Gasteiger partial charge in [0.05, 0.1) is 7.11 Å². The summed E-state index contributed by atoms with van der Waals surface area (Å²) in [7, 11) is 1.48. The predicted octanol–water partition coefficient (Wildman–Crippen LogP) is 2.46. The fourth-order valence-electron chi connectivity index (χ4n) is 1.92. The highest BCUT2D eigenvalue weighted by atomic mass is 16.5. The Hall–Kier alpha value is -3.28. The lowest BCUT2D eigenvalue weighted by molar-refractivity contribution is -0.132. The number of carboxylic acid groups (broad SMARTS) is 1. The smallest absolute Gasteiger partial charge is 0.339 e. The van der Waals surface area contributed by atoms with Crippen LogP contribution in [0.15, 0.2) is 48.0 Å². The molecule has 0 aliphatic carbocycles. The molecule has 0 radical (unpaired) electrons. The Balaban J connectivity index is 2.40. The van der Waals surface area contributed by atoms with Gasteiger partial charge in [0.15, 0.2) is 17.3 Å². The molecule has 6 heteroatoms. The van der Waals surface area contributed by atoms with E-state index >= 15 is 0 Å². The second-order valence-electron chi connectivity index (χ2n) is 4.67. The summed E-state index contributed by atoms with van der Waals surface area (Å²) >= 11 is 0. The molecule has 0 saturated heterocycles. The molecule has 0 atom stereocenters. The van der Waals surface area contributed by atoms with Crippen molar-refractivity contribution >= 4 is 17.8 Å². The minimum absolute atomic E-state index is 0.197. The van der Waals surface area contributed by atoms with E-state index in [0.29, 0.717) is 5.75 Å². The largest absolute Gasteiger partial charge is 0.504 e. The average molecular weight is 314 g/mol. The van der Waals surface area contributed by atoms with E-state index in [0.717, 1.165) is 6.08 Å². The van der Waals surface area contributed by atoms with Gasteiger partial charge >= 0.3 is 5.97 Å². The van der Waals surface area contributed by atoms with E-state index in [1.54, 1.807) is 12.1 Å². The van der Waals surface area contributed by atoms with Crippen molar-refractivity contribution in [3.63, 3.8) is 0 Å². The zero-order valence-electron chi connectivity index (χ0n) is 12.2. The van der Waals surface area contributed by atoms with Gasteiger partial charge in [0.2, 0.25) is 0 Å². The number of carboxylic acids is 1. The first-order valence-electron chi connectivity index (χ1n) is 6.58. The van der Waals surface area contributed by atoms with Crippen LogP contribution in [0.1, 0.15) is 15.9 Å². The number of hydrogen-bond acceptors (Lipinski definition) is 5. The van der Waals surface area contributed by atoms with E-state index in [1.165, 1.54) is 37.4 Å². The van der Waals surface area contributed by atoms with Crippen molar-refractivity contribution in [1.82, 2.24) is 0 Å². The molecule has 2 aromatic carbocycles. The van der Waals surface area contributed by atoms with E-state index in [9.17, 15) is 24.9 Å². The summed E-state index contributed by atoms with van der Waals surface area (Å²) in [6.45, 7) is 0. The van der Waals surface area contributed by atoms with Crippen LogP contribution >= 0.6 is 0 Å². The standard InChI is InChI=1S/C17H14O6/c1-23-12-5-3-11(4-6-12)16(20)13(17(21)22)8-10-2-7-14(18)15(19)9-10/h2-9,18-19H,1H3,(H,21,22)/b13-8-. The summed E-state index contributed by atoms with van der Waals surface area (Å²) in [5, 5.41) is 28.0. The second-order valence-corrected chi connectivity index (χ2v) is 4.67. The molecule has 0 amide bonds. The van der Waals surface area contributed by atoms with Gasteiger partial charge in [-0.15, -0.1) is 0 Å². The Morgan fingerprint density at radius 1 is 1.00 bits per heavy atom. The number of ether oxygens (including phenoxy) is 1. The minimum Gasteiger partial charge on any atom is -0.504 e. The van der Waals surface area contributed by atoms with Crippen LogP contribution < -0.4 is 4.74 Å². The number of aromatic hydroxyl groups is 2. The van der Waals surface area contributed by atoms with E-state index in [2.05, 4.69) is 0 Å². The quantitative estimate of drug-likeness (QED) is 0.257. The Morgan fingerprint density at radius 3 is 2.17 bits per heavy atom. The van der Waals surface area contributed by atoms with Gasteiger partial charge in [0.25, 0.3) is 0 Å². The number of hydrogen-bond donors (Lipinski definition) is 3. The number of rotatable bonds is 5. The van der Waals surface area contributed by atoms with Crippen molar-refractivity contribution < 1.29 is 29.6 Å². The molecule has 0 heterocycles. The Bertz CT molecular complexity index is 774. The van der Waals surface area contributed by atoms with Gasteiger partial charge in [-0.2, -0.15) is 0 Å². The molecule has 3 N–H and O–H groups in total. The van der Waals surface area contributed by atoms with Crippen LogP contribution in [-0.2, 0) is 4.79 Å². The molecule has 0 unspecified atom stereocenters. The van der Waals surface area contributed by atoms with Crippen LogP contribution in [0.25, 0.3) is 6.08 Å². The third kappa shape index (κ3) is 3.68. The first-order chi connectivity index (χ1) is 10.9. The second kappa shape index (κ2) is 6.65. The van der Waals surface area contributed by atoms with Crippen LogP contribution in [0, 0.1) is 0 Å². The molecule has 6 nitrogen and oxygen atoms in total. The first kappa shape index (κ1) is 16.1. The maximum Gasteiger partial charge on any atom is 0.339 e. The minimum atomic E-state index is -1.39. The van der Waals surface area contributed by atoms with Crippen molar-refractivity contribution in [3.8, 4) is 17.2 Å². The summed E-state index contributed by atoms with van der Waals surface area (Å²) in [5.74, 6) is -2.25. The van der Waals surface area contributed by atoms with E-state index in [4.69, 9.17) is 4.74 Å². The van der Waals surface area contributed by atoms with Gasteiger partial charge in [-0.3, -0.25) is 4.79 Å². The molecule has 0 aliphatic heterocycles. The van der Waals surface area contributed by atoms with Crippen molar-refractivity contribution in [2.45, 2.75) is 0 Å². The highest BCUT2D eigenvalue weighted by Crippen LogP contribution is 2.26. The van der Waals surface area contributed by atoms with Crippen molar-refractivity contribution in [1.29, 1.82) is 0 Å². The summed E-state index contributed by atoms with van der Waals surface area (Å²) < 4.78 is 4.98. The third-order valence-electron chi connectivity index (χ3n) is 3.14. The molecule has 0 saturated carbocycles. The van der Waals surface area contributed by atoms with Crippen molar-refractivity contribution in [2.24, 2.45) is 0 Å². The van der Waals surface area contributed by atoms with E-state index in [-0.39, 0.29) is 16.9 Å². The fraction of sp³-hybridized carbons (Fsp3) is 0.0588. The number of carbonyl (C=O) groups is 2. The number of ketones is 1. The van der Waals surface area contributed by atoms with Crippen molar-refractivity contribution in [3.05, 3.63) is 59.2 Å². The molecule has 2 aromatic rings. The van der Waals surface area contributed by atoms with Gasteiger partial charge in [-0.05, 0) is 48.0 Å². The molecule has 2 rings (SSSR count). The average Bonchev–Trinajstić information content (AvgIpc) is 2.55. The number of aliphatic carboxylic acids is 1. The van der Waals surface area contributed by atoms with Gasteiger partial charge in [0.1, 0.15) is 11.3 Å². The molecule has 0 aromatic heterocycles. The normalized spacial score (nSPS) is 11.1. The van der Waals surface area contributed by atoms with Gasteiger partial charge in [0, 0.05) is 5.56 Å². The van der Waals surface area contributed by atoms with Crippen LogP contribution in [0.3, 0.4) is 0 Å². The molecule has 0 bridgehead atoms. The number of phenolic OH excluding ortho intramolecular Hbond substituents is 2. The van der Waals surface area contributed by atoms with Crippen molar-refractivity contribution in [2.75, 3.05) is 7.11 Å². The van der Waals surface area contributed by atoms with E-state index < -0.39 is 23.1 Å². The first-order valence-corrected chi connectivity index (χ1v) is 6.58. The number of phenols is 2.